The topological polar surface area (TPSA) is 50.5 Å². The molecule has 0 aliphatic carbocycles. The molecule has 1 aromatic carbocycles. The molecular weight excluding hydrogens is 262 g/mol. The molecule has 1 aromatic rings. The normalized spacial score (nSPS) is 13.5. The first kappa shape index (κ1) is 18.0. The van der Waals surface area contributed by atoms with Crippen LogP contribution in [0.1, 0.15) is 52.1 Å². The number of methoxy groups -OCH3 is 1. The van der Waals surface area contributed by atoms with E-state index in [2.05, 4.69) is 50.2 Å². The Morgan fingerprint density at radius 1 is 1.19 bits per heavy atom. The number of hydrogen-bond donors (Lipinski definition) is 2. The van der Waals surface area contributed by atoms with Gasteiger partial charge in [0.25, 0.3) is 0 Å². The van der Waals surface area contributed by atoms with Crippen LogP contribution < -0.4 is 16.0 Å². The van der Waals surface area contributed by atoms with Crippen LogP contribution in [-0.2, 0) is 0 Å². The summed E-state index contributed by atoms with van der Waals surface area (Å²) < 4.78 is 5.36. The third kappa shape index (κ3) is 3.57. The quantitative estimate of drug-likeness (QED) is 0.542. The molecule has 0 fully saturated rings. The number of benzene rings is 1. The zero-order chi connectivity index (χ0) is 15.9. The first-order valence-electron chi connectivity index (χ1n) is 7.98. The van der Waals surface area contributed by atoms with Crippen molar-refractivity contribution >= 4 is 0 Å². The fraction of sp³-hybridized carbons (Fsp3) is 0.647. The summed E-state index contributed by atoms with van der Waals surface area (Å²) in [6, 6.07) is 8.26. The van der Waals surface area contributed by atoms with Crippen LogP contribution in [0, 0.1) is 0 Å². The summed E-state index contributed by atoms with van der Waals surface area (Å²) in [7, 11) is 1.70. The van der Waals surface area contributed by atoms with Gasteiger partial charge in [-0.15, -0.1) is 0 Å². The number of rotatable bonds is 9. The average molecular weight is 293 g/mol. The molecule has 0 heterocycles. The van der Waals surface area contributed by atoms with Crippen LogP contribution in [-0.4, -0.2) is 30.6 Å². The maximum Gasteiger partial charge on any atom is 0.119 e. The van der Waals surface area contributed by atoms with Crippen LogP contribution in [0.4, 0.5) is 0 Å². The summed E-state index contributed by atoms with van der Waals surface area (Å²) in [5, 5.41) is 0. The number of likely N-dealkylation sites (N-methyl/N-ethyl adjacent to an activating group) is 1. The predicted molar refractivity (Wildman–Crippen MR) is 89.3 cm³/mol. The summed E-state index contributed by atoms with van der Waals surface area (Å²) in [4.78, 5) is 2.51. The maximum atomic E-state index is 5.96. The van der Waals surface area contributed by atoms with E-state index < -0.39 is 0 Å². The fourth-order valence-electron chi connectivity index (χ4n) is 3.52. The van der Waals surface area contributed by atoms with Crippen molar-refractivity contribution in [3.63, 3.8) is 0 Å². The van der Waals surface area contributed by atoms with Crippen molar-refractivity contribution < 1.29 is 4.74 Å². The van der Waals surface area contributed by atoms with Gasteiger partial charge in [0.15, 0.2) is 0 Å². The molecule has 1 unspecified atom stereocenters. The Bertz CT molecular complexity index is 414. The van der Waals surface area contributed by atoms with Crippen molar-refractivity contribution in [3.05, 3.63) is 29.8 Å². The molecule has 1 atom stereocenters. The molecule has 0 saturated heterocycles. The van der Waals surface area contributed by atoms with Crippen LogP contribution in [0.25, 0.3) is 0 Å². The number of ether oxygens (including phenoxy) is 1. The molecule has 0 bridgehead atoms. The van der Waals surface area contributed by atoms with Gasteiger partial charge in [-0.25, -0.2) is 0 Å². The zero-order valence-corrected chi connectivity index (χ0v) is 14.1. The highest BCUT2D eigenvalue weighted by Crippen LogP contribution is 2.37. The molecule has 120 valence electrons. The minimum absolute atomic E-state index is 0.00458. The largest absolute Gasteiger partial charge is 0.497 e. The first-order chi connectivity index (χ1) is 10.1. The van der Waals surface area contributed by atoms with Crippen molar-refractivity contribution in [1.29, 1.82) is 0 Å². The lowest BCUT2D eigenvalue weighted by Gasteiger charge is -2.48. The third-order valence-electron chi connectivity index (χ3n) is 4.75. The maximum absolute atomic E-state index is 5.96. The highest BCUT2D eigenvalue weighted by molar-refractivity contribution is 5.32. The SMILES string of the molecule is CCN(CC)C(CC)(CC)C(NN)c1cccc(OC)c1. The summed E-state index contributed by atoms with van der Waals surface area (Å²) in [5.74, 6) is 6.83. The second-order valence-corrected chi connectivity index (χ2v) is 5.36. The van der Waals surface area contributed by atoms with Crippen LogP contribution in [0.2, 0.25) is 0 Å². The van der Waals surface area contributed by atoms with Gasteiger partial charge in [0, 0.05) is 5.54 Å². The Labute approximate surface area is 129 Å². The molecule has 3 N–H and O–H groups in total. The molecule has 0 aliphatic heterocycles. The summed E-state index contributed by atoms with van der Waals surface area (Å²) >= 11 is 0. The van der Waals surface area contributed by atoms with E-state index in [0.29, 0.717) is 0 Å². The van der Waals surface area contributed by atoms with Crippen LogP contribution in [0.3, 0.4) is 0 Å². The standard InChI is InChI=1S/C17H31N3O/c1-6-17(7-2,20(8-3)9-4)16(19-18)14-11-10-12-15(13-14)21-5/h10-13,16,19H,6-9,18H2,1-5H3. The lowest BCUT2D eigenvalue weighted by molar-refractivity contribution is 0.0486. The van der Waals surface area contributed by atoms with E-state index in [1.807, 2.05) is 12.1 Å². The smallest absolute Gasteiger partial charge is 0.119 e. The van der Waals surface area contributed by atoms with Gasteiger partial charge in [-0.1, -0.05) is 39.8 Å². The molecule has 0 aromatic heterocycles. The lowest BCUT2D eigenvalue weighted by atomic mass is 9.79. The third-order valence-corrected chi connectivity index (χ3v) is 4.75. The van der Waals surface area contributed by atoms with Crippen molar-refractivity contribution in [2.75, 3.05) is 20.2 Å². The van der Waals surface area contributed by atoms with Crippen molar-refractivity contribution in [1.82, 2.24) is 10.3 Å². The van der Waals surface area contributed by atoms with Crippen molar-refractivity contribution in [3.8, 4) is 5.75 Å². The zero-order valence-electron chi connectivity index (χ0n) is 14.1. The molecule has 0 aliphatic rings. The molecule has 4 heteroatoms. The van der Waals surface area contributed by atoms with Gasteiger partial charge in [0.1, 0.15) is 5.75 Å². The van der Waals surface area contributed by atoms with Gasteiger partial charge in [-0.3, -0.25) is 16.2 Å². The second kappa shape index (κ2) is 8.37. The van der Waals surface area contributed by atoms with E-state index in [4.69, 9.17) is 10.6 Å². The summed E-state index contributed by atoms with van der Waals surface area (Å²) in [6.45, 7) is 10.9. The second-order valence-electron chi connectivity index (χ2n) is 5.36. The van der Waals surface area contributed by atoms with Gasteiger partial charge >= 0.3 is 0 Å². The predicted octanol–water partition coefficient (Wildman–Crippen LogP) is 3.10. The molecule has 4 nitrogen and oxygen atoms in total. The van der Waals surface area contributed by atoms with Crippen LogP contribution in [0.15, 0.2) is 24.3 Å². The summed E-state index contributed by atoms with van der Waals surface area (Å²) in [5.41, 5.74) is 4.24. The monoisotopic (exact) mass is 293 g/mol. The van der Waals surface area contributed by atoms with Gasteiger partial charge in [-0.2, -0.15) is 0 Å². The van der Waals surface area contributed by atoms with Gasteiger partial charge < -0.3 is 4.74 Å². The number of hydrazine groups is 1. The number of nitrogens with two attached hydrogens (primary N) is 1. The van der Waals surface area contributed by atoms with Crippen molar-refractivity contribution in [2.24, 2.45) is 5.84 Å². The van der Waals surface area contributed by atoms with E-state index in [1.54, 1.807) is 7.11 Å². The highest BCUT2D eigenvalue weighted by atomic mass is 16.5. The van der Waals surface area contributed by atoms with Crippen LogP contribution in [0.5, 0.6) is 5.75 Å². The number of nitrogens with one attached hydrogen (secondary N) is 1. The molecule has 1 rings (SSSR count). The van der Waals surface area contributed by atoms with E-state index in [9.17, 15) is 0 Å². The molecule has 21 heavy (non-hydrogen) atoms. The van der Waals surface area contributed by atoms with E-state index >= 15 is 0 Å². The Balaban J connectivity index is 3.29. The summed E-state index contributed by atoms with van der Waals surface area (Å²) in [6.07, 6.45) is 2.08. The fourth-order valence-corrected chi connectivity index (χ4v) is 3.52. The Hall–Kier alpha value is -1.10. The minimum Gasteiger partial charge on any atom is -0.497 e. The Kier molecular flexibility index (Phi) is 7.15. The Morgan fingerprint density at radius 2 is 1.81 bits per heavy atom. The highest BCUT2D eigenvalue weighted by Gasteiger charge is 2.40. The van der Waals surface area contributed by atoms with Crippen LogP contribution >= 0.6 is 0 Å². The first-order valence-corrected chi connectivity index (χ1v) is 7.98. The van der Waals surface area contributed by atoms with E-state index in [-0.39, 0.29) is 11.6 Å². The molecule has 0 saturated carbocycles. The van der Waals surface area contributed by atoms with Gasteiger partial charge in [0.2, 0.25) is 0 Å². The molecular formula is C17H31N3O. The molecule has 0 spiro atoms. The minimum atomic E-state index is 0.00458. The lowest BCUT2D eigenvalue weighted by Crippen LogP contribution is -2.57. The number of nitrogens with zero attached hydrogens (tertiary/aromatic N) is 1. The van der Waals surface area contributed by atoms with E-state index in [0.717, 1.165) is 31.7 Å². The Morgan fingerprint density at radius 3 is 2.24 bits per heavy atom. The molecule has 0 radical (unpaired) electrons. The van der Waals surface area contributed by atoms with Gasteiger partial charge in [0.05, 0.1) is 13.2 Å². The number of hydrogen-bond acceptors (Lipinski definition) is 4. The molecule has 0 amide bonds. The van der Waals surface area contributed by atoms with E-state index in [1.165, 1.54) is 5.56 Å². The van der Waals surface area contributed by atoms with Gasteiger partial charge in [-0.05, 0) is 43.6 Å². The van der Waals surface area contributed by atoms with Crippen molar-refractivity contribution in [2.45, 2.75) is 52.1 Å². The average Bonchev–Trinajstić information content (AvgIpc) is 2.55.